The van der Waals surface area contributed by atoms with Crippen molar-refractivity contribution < 1.29 is 9.13 Å². The van der Waals surface area contributed by atoms with Crippen molar-refractivity contribution in [1.82, 2.24) is 4.98 Å². The third-order valence-electron chi connectivity index (χ3n) is 3.35. The highest BCUT2D eigenvalue weighted by molar-refractivity contribution is 5.47. The number of nitrogen functional groups attached to an aromatic ring is 1. The third-order valence-corrected chi connectivity index (χ3v) is 3.35. The van der Waals surface area contributed by atoms with Crippen LogP contribution in [0.1, 0.15) is 12.8 Å². The highest BCUT2D eigenvalue weighted by atomic mass is 19.1. The van der Waals surface area contributed by atoms with Crippen molar-refractivity contribution in [3.63, 3.8) is 0 Å². The molecule has 1 aliphatic rings. The first-order valence-corrected chi connectivity index (χ1v) is 6.66. The molecule has 1 aromatic heterocycles. The average molecular weight is 273 g/mol. The van der Waals surface area contributed by atoms with Crippen LogP contribution in [0.5, 0.6) is 11.5 Å². The third kappa shape index (κ3) is 2.66. The Morgan fingerprint density at radius 2 is 1.85 bits per heavy atom. The van der Waals surface area contributed by atoms with Crippen molar-refractivity contribution in [2.24, 2.45) is 0 Å². The van der Waals surface area contributed by atoms with Crippen LogP contribution in [0.4, 0.5) is 15.9 Å². The lowest BCUT2D eigenvalue weighted by molar-refractivity contribution is 0.476. The van der Waals surface area contributed by atoms with Crippen LogP contribution in [-0.4, -0.2) is 18.1 Å². The SMILES string of the molecule is Nc1ccc(Oc2ccnc(N3CCCC3)c2)cc1F. The van der Waals surface area contributed by atoms with Crippen LogP contribution in [0.2, 0.25) is 0 Å². The second-order valence-electron chi connectivity index (χ2n) is 4.83. The molecule has 2 aromatic rings. The minimum Gasteiger partial charge on any atom is -0.457 e. The number of ether oxygens (including phenoxy) is 1. The molecule has 5 heteroatoms. The normalized spacial score (nSPS) is 14.6. The topological polar surface area (TPSA) is 51.4 Å². The number of anilines is 2. The monoisotopic (exact) mass is 273 g/mol. The average Bonchev–Trinajstić information content (AvgIpc) is 2.97. The quantitative estimate of drug-likeness (QED) is 0.872. The molecule has 0 radical (unpaired) electrons. The number of nitrogens with zero attached hydrogens (tertiary/aromatic N) is 2. The smallest absolute Gasteiger partial charge is 0.149 e. The van der Waals surface area contributed by atoms with Gasteiger partial charge in [0.2, 0.25) is 0 Å². The lowest BCUT2D eigenvalue weighted by Gasteiger charge is -2.17. The number of hydrogen-bond donors (Lipinski definition) is 1. The van der Waals surface area contributed by atoms with Gasteiger partial charge in [0.05, 0.1) is 5.69 Å². The Morgan fingerprint density at radius 3 is 2.60 bits per heavy atom. The van der Waals surface area contributed by atoms with E-state index in [0.717, 1.165) is 18.9 Å². The fourth-order valence-electron chi connectivity index (χ4n) is 2.29. The highest BCUT2D eigenvalue weighted by Gasteiger charge is 2.14. The van der Waals surface area contributed by atoms with Gasteiger partial charge in [-0.25, -0.2) is 9.37 Å². The maximum atomic E-state index is 13.4. The van der Waals surface area contributed by atoms with E-state index in [-0.39, 0.29) is 5.69 Å². The summed E-state index contributed by atoms with van der Waals surface area (Å²) in [4.78, 5) is 6.57. The molecule has 2 heterocycles. The summed E-state index contributed by atoms with van der Waals surface area (Å²) in [5, 5.41) is 0. The van der Waals surface area contributed by atoms with Crippen molar-refractivity contribution in [3.05, 3.63) is 42.3 Å². The number of nitrogens with two attached hydrogens (primary N) is 1. The summed E-state index contributed by atoms with van der Waals surface area (Å²) in [6, 6.07) is 8.06. The summed E-state index contributed by atoms with van der Waals surface area (Å²) in [6.07, 6.45) is 4.09. The molecular weight excluding hydrogens is 257 g/mol. The molecule has 0 bridgehead atoms. The van der Waals surface area contributed by atoms with Crippen molar-refractivity contribution in [1.29, 1.82) is 0 Å². The number of benzene rings is 1. The number of halogens is 1. The summed E-state index contributed by atoms with van der Waals surface area (Å²) >= 11 is 0. The molecule has 0 amide bonds. The first-order valence-electron chi connectivity index (χ1n) is 6.66. The lowest BCUT2D eigenvalue weighted by atomic mass is 10.3. The van der Waals surface area contributed by atoms with Gasteiger partial charge in [0.1, 0.15) is 23.1 Å². The van der Waals surface area contributed by atoms with Gasteiger partial charge in [-0.15, -0.1) is 0 Å². The standard InChI is InChI=1S/C15H16FN3O/c16-13-9-11(3-4-14(13)17)20-12-5-6-18-15(10-12)19-7-1-2-8-19/h3-6,9-10H,1-2,7-8,17H2. The molecule has 1 aromatic carbocycles. The van der Waals surface area contributed by atoms with Gasteiger partial charge < -0.3 is 15.4 Å². The van der Waals surface area contributed by atoms with Crippen LogP contribution < -0.4 is 15.4 Å². The van der Waals surface area contributed by atoms with E-state index in [1.165, 1.54) is 25.0 Å². The molecule has 20 heavy (non-hydrogen) atoms. The molecule has 1 aliphatic heterocycles. The van der Waals surface area contributed by atoms with Gasteiger partial charge in [-0.3, -0.25) is 0 Å². The molecule has 0 unspecified atom stereocenters. The molecule has 0 atom stereocenters. The maximum absolute atomic E-state index is 13.4. The predicted octanol–water partition coefficient (Wildman–Crippen LogP) is 3.20. The number of hydrogen-bond acceptors (Lipinski definition) is 4. The maximum Gasteiger partial charge on any atom is 0.149 e. The fourth-order valence-corrected chi connectivity index (χ4v) is 2.29. The van der Waals surface area contributed by atoms with Crippen molar-refractivity contribution in [2.75, 3.05) is 23.7 Å². The van der Waals surface area contributed by atoms with Gasteiger partial charge in [-0.2, -0.15) is 0 Å². The van der Waals surface area contributed by atoms with Crippen LogP contribution in [0.3, 0.4) is 0 Å². The molecular formula is C15H16FN3O. The molecule has 2 N–H and O–H groups in total. The second kappa shape index (κ2) is 5.36. The van der Waals surface area contributed by atoms with E-state index in [0.29, 0.717) is 11.5 Å². The van der Waals surface area contributed by atoms with Crippen LogP contribution in [0, 0.1) is 5.82 Å². The van der Waals surface area contributed by atoms with Crippen LogP contribution in [0.15, 0.2) is 36.5 Å². The van der Waals surface area contributed by atoms with Crippen LogP contribution >= 0.6 is 0 Å². The van der Waals surface area contributed by atoms with E-state index < -0.39 is 5.82 Å². The molecule has 1 saturated heterocycles. The molecule has 0 aliphatic carbocycles. The van der Waals surface area contributed by atoms with Gasteiger partial charge in [0, 0.05) is 31.4 Å². The summed E-state index contributed by atoms with van der Waals surface area (Å²) in [5.41, 5.74) is 5.56. The van der Waals surface area contributed by atoms with Crippen LogP contribution in [-0.2, 0) is 0 Å². The molecule has 104 valence electrons. The number of aromatic nitrogens is 1. The first-order chi connectivity index (χ1) is 9.72. The zero-order valence-electron chi connectivity index (χ0n) is 11.1. The van der Waals surface area contributed by atoms with Gasteiger partial charge >= 0.3 is 0 Å². The Labute approximate surface area is 117 Å². The minimum atomic E-state index is -0.476. The minimum absolute atomic E-state index is 0.116. The second-order valence-corrected chi connectivity index (χ2v) is 4.83. The van der Waals surface area contributed by atoms with Gasteiger partial charge in [-0.05, 0) is 31.0 Å². The fraction of sp³-hybridized carbons (Fsp3) is 0.267. The Morgan fingerprint density at radius 1 is 1.10 bits per heavy atom. The number of pyridine rings is 1. The summed E-state index contributed by atoms with van der Waals surface area (Å²) in [5.74, 6) is 1.49. The molecule has 1 fully saturated rings. The Bertz CT molecular complexity index is 612. The summed E-state index contributed by atoms with van der Waals surface area (Å²) in [7, 11) is 0. The molecule has 0 saturated carbocycles. The zero-order valence-corrected chi connectivity index (χ0v) is 11.1. The van der Waals surface area contributed by atoms with E-state index in [9.17, 15) is 4.39 Å². The largest absolute Gasteiger partial charge is 0.457 e. The molecule has 0 spiro atoms. The predicted molar refractivity (Wildman–Crippen MR) is 76.6 cm³/mol. The lowest BCUT2D eigenvalue weighted by Crippen LogP contribution is -2.18. The van der Waals surface area contributed by atoms with Crippen molar-refractivity contribution in [3.8, 4) is 11.5 Å². The van der Waals surface area contributed by atoms with Crippen molar-refractivity contribution >= 4 is 11.5 Å². The Balaban J connectivity index is 1.79. The van der Waals surface area contributed by atoms with Gasteiger partial charge in [0.25, 0.3) is 0 Å². The number of rotatable bonds is 3. The van der Waals surface area contributed by atoms with E-state index in [2.05, 4.69) is 9.88 Å². The van der Waals surface area contributed by atoms with Crippen molar-refractivity contribution in [2.45, 2.75) is 12.8 Å². The highest BCUT2D eigenvalue weighted by Crippen LogP contribution is 2.27. The van der Waals surface area contributed by atoms with E-state index in [1.807, 2.05) is 6.07 Å². The van der Waals surface area contributed by atoms with E-state index >= 15 is 0 Å². The molecule has 3 rings (SSSR count). The Kier molecular flexibility index (Phi) is 3.41. The summed E-state index contributed by atoms with van der Waals surface area (Å²) in [6.45, 7) is 2.04. The first kappa shape index (κ1) is 12.7. The van der Waals surface area contributed by atoms with Gasteiger partial charge in [0.15, 0.2) is 0 Å². The summed E-state index contributed by atoms with van der Waals surface area (Å²) < 4.78 is 19.0. The van der Waals surface area contributed by atoms with Gasteiger partial charge in [-0.1, -0.05) is 0 Å². The zero-order chi connectivity index (χ0) is 13.9. The molecule has 4 nitrogen and oxygen atoms in total. The van der Waals surface area contributed by atoms with E-state index in [4.69, 9.17) is 10.5 Å². The van der Waals surface area contributed by atoms with Crippen LogP contribution in [0.25, 0.3) is 0 Å². The Hall–Kier alpha value is -2.30. The van der Waals surface area contributed by atoms with E-state index in [1.54, 1.807) is 18.3 Å².